The van der Waals surface area contributed by atoms with E-state index in [4.69, 9.17) is 28.9 Å². The van der Waals surface area contributed by atoms with Gasteiger partial charge in [0.25, 0.3) is 0 Å². The fourth-order valence-corrected chi connectivity index (χ4v) is 3.44. The normalized spacial score (nSPS) is 15.7. The second-order valence-electron chi connectivity index (χ2n) is 4.80. The number of carbonyl (C=O) groups excluding carboxylic acids is 1. The van der Waals surface area contributed by atoms with Crippen LogP contribution in [0.3, 0.4) is 0 Å². The van der Waals surface area contributed by atoms with Crippen molar-refractivity contribution in [2.24, 2.45) is 10.7 Å². The van der Waals surface area contributed by atoms with E-state index in [1.807, 2.05) is 16.7 Å². The van der Waals surface area contributed by atoms with Crippen molar-refractivity contribution < 1.29 is 4.79 Å². The Labute approximate surface area is 144 Å². The number of benzene rings is 1. The summed E-state index contributed by atoms with van der Waals surface area (Å²) in [5.41, 5.74) is 6.50. The third-order valence-electron chi connectivity index (χ3n) is 3.09. The van der Waals surface area contributed by atoms with Gasteiger partial charge in [0.2, 0.25) is 5.91 Å². The summed E-state index contributed by atoms with van der Waals surface area (Å²) in [6.07, 6.45) is 0.257. The van der Waals surface area contributed by atoms with E-state index in [2.05, 4.69) is 10.3 Å². The zero-order chi connectivity index (χ0) is 15.9. The Bertz CT molecular complexity index is 542. The van der Waals surface area contributed by atoms with Gasteiger partial charge in [-0.2, -0.15) is 11.8 Å². The molecular formula is C14H18Cl2N4OS. The molecule has 0 bridgehead atoms. The molecule has 22 heavy (non-hydrogen) atoms. The van der Waals surface area contributed by atoms with Crippen molar-refractivity contribution in [1.82, 2.24) is 4.90 Å². The van der Waals surface area contributed by atoms with E-state index in [1.165, 1.54) is 0 Å². The summed E-state index contributed by atoms with van der Waals surface area (Å²) in [5, 5.41) is 3.70. The van der Waals surface area contributed by atoms with Crippen LogP contribution >= 0.6 is 35.0 Å². The first kappa shape index (κ1) is 17.2. The van der Waals surface area contributed by atoms with Gasteiger partial charge in [-0.05, 0) is 18.2 Å². The number of nitrogens with two attached hydrogens (primary N) is 1. The third-order valence-corrected chi connectivity index (χ3v) is 4.47. The van der Waals surface area contributed by atoms with Crippen LogP contribution in [0.4, 0.5) is 5.69 Å². The van der Waals surface area contributed by atoms with Crippen molar-refractivity contribution in [2.45, 2.75) is 6.42 Å². The first-order valence-electron chi connectivity index (χ1n) is 6.93. The van der Waals surface area contributed by atoms with Crippen molar-refractivity contribution in [1.29, 1.82) is 0 Å². The minimum atomic E-state index is -0.149. The van der Waals surface area contributed by atoms with Crippen LogP contribution in [-0.2, 0) is 4.79 Å². The van der Waals surface area contributed by atoms with Crippen molar-refractivity contribution in [3.8, 4) is 0 Å². The van der Waals surface area contributed by atoms with Crippen LogP contribution < -0.4 is 11.1 Å². The highest BCUT2D eigenvalue weighted by atomic mass is 35.5. The van der Waals surface area contributed by atoms with Crippen LogP contribution in [0.2, 0.25) is 10.0 Å². The number of amides is 1. The van der Waals surface area contributed by atoms with Crippen LogP contribution in [0.1, 0.15) is 6.42 Å². The highest BCUT2D eigenvalue weighted by Gasteiger charge is 2.12. The fraction of sp³-hybridized carbons (Fsp3) is 0.429. The Hall–Kier alpha value is -1.11. The summed E-state index contributed by atoms with van der Waals surface area (Å²) in [6, 6.07) is 4.91. The van der Waals surface area contributed by atoms with Gasteiger partial charge < -0.3 is 16.0 Å². The molecule has 0 unspecified atom stereocenters. The zero-order valence-corrected chi connectivity index (χ0v) is 14.3. The maximum atomic E-state index is 11.9. The van der Waals surface area contributed by atoms with Crippen molar-refractivity contribution in [2.75, 3.05) is 36.5 Å². The zero-order valence-electron chi connectivity index (χ0n) is 12.0. The van der Waals surface area contributed by atoms with Crippen LogP contribution in [0, 0.1) is 0 Å². The van der Waals surface area contributed by atoms with Gasteiger partial charge in [0, 0.05) is 46.7 Å². The smallest absolute Gasteiger partial charge is 0.226 e. The van der Waals surface area contributed by atoms with Crippen LogP contribution in [-0.4, -0.2) is 47.9 Å². The highest BCUT2D eigenvalue weighted by Crippen LogP contribution is 2.22. The third kappa shape index (κ3) is 5.59. The molecule has 1 aromatic rings. The van der Waals surface area contributed by atoms with Gasteiger partial charge >= 0.3 is 0 Å². The Morgan fingerprint density at radius 3 is 2.55 bits per heavy atom. The van der Waals surface area contributed by atoms with E-state index >= 15 is 0 Å². The molecule has 1 heterocycles. The molecule has 1 aliphatic heterocycles. The number of halogens is 2. The lowest BCUT2D eigenvalue weighted by Gasteiger charge is -2.27. The topological polar surface area (TPSA) is 70.7 Å². The summed E-state index contributed by atoms with van der Waals surface area (Å²) in [6.45, 7) is 2.18. The van der Waals surface area contributed by atoms with Gasteiger partial charge in [-0.25, -0.2) is 0 Å². The molecule has 0 saturated carbocycles. The second kappa shape index (κ2) is 8.50. The molecule has 0 spiro atoms. The molecular weight excluding hydrogens is 343 g/mol. The number of carbonyl (C=O) groups is 1. The van der Waals surface area contributed by atoms with Gasteiger partial charge in [-0.1, -0.05) is 23.2 Å². The van der Waals surface area contributed by atoms with Crippen molar-refractivity contribution in [3.63, 3.8) is 0 Å². The molecule has 120 valence electrons. The molecule has 0 aliphatic carbocycles. The van der Waals surface area contributed by atoms with Crippen molar-refractivity contribution in [3.05, 3.63) is 28.2 Å². The number of nitrogens with zero attached hydrogens (tertiary/aromatic N) is 2. The SMILES string of the molecule is NC(=NCCC(=O)Nc1cc(Cl)cc(Cl)c1)N1CCSCC1. The number of hydrogen-bond donors (Lipinski definition) is 2. The Balaban J connectivity index is 1.79. The van der Waals surface area contributed by atoms with E-state index in [1.54, 1.807) is 18.2 Å². The maximum Gasteiger partial charge on any atom is 0.226 e. The Morgan fingerprint density at radius 1 is 1.27 bits per heavy atom. The maximum absolute atomic E-state index is 11.9. The lowest BCUT2D eigenvalue weighted by atomic mass is 10.3. The average molecular weight is 361 g/mol. The molecule has 2 rings (SSSR count). The predicted molar refractivity (Wildman–Crippen MR) is 95.1 cm³/mol. The molecule has 0 radical (unpaired) electrons. The fourth-order valence-electron chi connectivity index (χ4n) is 2.01. The first-order valence-corrected chi connectivity index (χ1v) is 8.84. The van der Waals surface area contributed by atoms with Gasteiger partial charge in [-0.15, -0.1) is 0 Å². The molecule has 8 heteroatoms. The monoisotopic (exact) mass is 360 g/mol. The molecule has 1 amide bonds. The van der Waals surface area contributed by atoms with Crippen LogP contribution in [0.25, 0.3) is 0 Å². The summed E-state index contributed by atoms with van der Waals surface area (Å²) in [5.74, 6) is 2.49. The molecule has 1 aromatic carbocycles. The van der Waals surface area contributed by atoms with Gasteiger partial charge in [-0.3, -0.25) is 9.79 Å². The largest absolute Gasteiger partial charge is 0.370 e. The number of anilines is 1. The average Bonchev–Trinajstić information content (AvgIpc) is 2.47. The minimum absolute atomic E-state index is 0.149. The van der Waals surface area contributed by atoms with Gasteiger partial charge in [0.05, 0.1) is 6.54 Å². The first-order chi connectivity index (χ1) is 10.5. The van der Waals surface area contributed by atoms with E-state index in [-0.39, 0.29) is 12.3 Å². The van der Waals surface area contributed by atoms with Gasteiger partial charge in [0.15, 0.2) is 5.96 Å². The Morgan fingerprint density at radius 2 is 1.91 bits per heavy atom. The van der Waals surface area contributed by atoms with E-state index in [0.29, 0.717) is 28.2 Å². The lowest BCUT2D eigenvalue weighted by Crippen LogP contribution is -2.42. The molecule has 0 atom stereocenters. The quantitative estimate of drug-likeness (QED) is 0.639. The second-order valence-corrected chi connectivity index (χ2v) is 6.89. The summed E-state index contributed by atoms with van der Waals surface area (Å²) < 4.78 is 0. The van der Waals surface area contributed by atoms with E-state index in [0.717, 1.165) is 24.6 Å². The number of guanidine groups is 1. The van der Waals surface area contributed by atoms with Crippen LogP contribution in [0.15, 0.2) is 23.2 Å². The number of aliphatic imine (C=N–C) groups is 1. The molecule has 0 aromatic heterocycles. The molecule has 5 nitrogen and oxygen atoms in total. The summed E-state index contributed by atoms with van der Waals surface area (Å²) in [4.78, 5) is 18.2. The van der Waals surface area contributed by atoms with Crippen molar-refractivity contribution >= 4 is 52.5 Å². The van der Waals surface area contributed by atoms with E-state index in [9.17, 15) is 4.79 Å². The minimum Gasteiger partial charge on any atom is -0.370 e. The molecule has 1 fully saturated rings. The Kier molecular flexibility index (Phi) is 6.67. The molecule has 1 aliphatic rings. The highest BCUT2D eigenvalue weighted by molar-refractivity contribution is 7.99. The summed E-state index contributed by atoms with van der Waals surface area (Å²) >= 11 is 13.7. The summed E-state index contributed by atoms with van der Waals surface area (Å²) in [7, 11) is 0. The number of rotatable bonds is 4. The predicted octanol–water partition coefficient (Wildman–Crippen LogP) is 2.69. The van der Waals surface area contributed by atoms with E-state index < -0.39 is 0 Å². The molecule has 3 N–H and O–H groups in total. The van der Waals surface area contributed by atoms with Crippen LogP contribution in [0.5, 0.6) is 0 Å². The molecule has 1 saturated heterocycles. The number of thioether (sulfide) groups is 1. The number of nitrogens with one attached hydrogen (secondary N) is 1. The van der Waals surface area contributed by atoms with Gasteiger partial charge in [0.1, 0.15) is 0 Å². The standard InChI is InChI=1S/C14H18Cl2N4OS/c15-10-7-11(16)9-12(8-10)19-13(21)1-2-18-14(17)20-3-5-22-6-4-20/h7-9H,1-6H2,(H2,17,18)(H,19,21). The lowest BCUT2D eigenvalue weighted by molar-refractivity contribution is -0.116. The number of hydrogen-bond acceptors (Lipinski definition) is 3.